The van der Waals surface area contributed by atoms with Crippen molar-refractivity contribution in [2.24, 2.45) is 5.92 Å². The fourth-order valence-electron chi connectivity index (χ4n) is 4.01. The van der Waals surface area contributed by atoms with Crippen molar-refractivity contribution in [1.82, 2.24) is 10.2 Å². The number of halogens is 1. The van der Waals surface area contributed by atoms with Gasteiger partial charge in [-0.25, -0.2) is 4.39 Å². The van der Waals surface area contributed by atoms with Crippen molar-refractivity contribution < 1.29 is 18.3 Å². The lowest BCUT2D eigenvalue weighted by Crippen LogP contribution is -2.43. The highest BCUT2D eigenvalue weighted by atomic mass is 19.1. The molecule has 0 spiro atoms. The number of rotatable bonds is 8. The number of nitrogens with zero attached hydrogens (tertiary/aromatic N) is 1. The van der Waals surface area contributed by atoms with Gasteiger partial charge in [-0.1, -0.05) is 19.1 Å². The minimum Gasteiger partial charge on any atom is -0.466 e. The van der Waals surface area contributed by atoms with Crippen LogP contribution in [0.5, 0.6) is 0 Å². The largest absolute Gasteiger partial charge is 0.466 e. The van der Waals surface area contributed by atoms with Gasteiger partial charge in [-0.3, -0.25) is 9.69 Å². The Kier molecular flexibility index (Phi) is 6.31. The number of hydrogen-bond acceptors (Lipinski definition) is 4. The van der Waals surface area contributed by atoms with E-state index in [1.54, 1.807) is 12.1 Å². The lowest BCUT2D eigenvalue weighted by Gasteiger charge is -2.35. The van der Waals surface area contributed by atoms with E-state index in [0.29, 0.717) is 44.4 Å². The molecule has 2 aromatic rings. The highest BCUT2D eigenvalue weighted by Gasteiger charge is 2.36. The Hall–Kier alpha value is -2.18. The quantitative estimate of drug-likeness (QED) is 0.735. The van der Waals surface area contributed by atoms with Crippen LogP contribution >= 0.6 is 0 Å². The normalized spacial score (nSPS) is 23.0. The fraction of sp³-hybridized carbons (Fsp3) is 0.522. The molecule has 3 atom stereocenters. The SMILES string of the molecule is CC1CC1c1ccc(CCC(=O)NCC(c2ccc(F)cc2)N2CCOCC2)o1. The first-order chi connectivity index (χ1) is 14.1. The third-order valence-corrected chi connectivity index (χ3v) is 5.99. The van der Waals surface area contributed by atoms with Crippen molar-refractivity contribution in [3.8, 4) is 0 Å². The summed E-state index contributed by atoms with van der Waals surface area (Å²) in [6.07, 6.45) is 2.19. The topological polar surface area (TPSA) is 54.7 Å². The molecule has 1 amide bonds. The van der Waals surface area contributed by atoms with Gasteiger partial charge in [0.25, 0.3) is 0 Å². The summed E-state index contributed by atoms with van der Waals surface area (Å²) in [5, 5.41) is 3.06. The molecular weight excluding hydrogens is 371 g/mol. The van der Waals surface area contributed by atoms with E-state index < -0.39 is 0 Å². The molecule has 1 N–H and O–H groups in total. The van der Waals surface area contributed by atoms with E-state index in [2.05, 4.69) is 17.1 Å². The van der Waals surface area contributed by atoms with Gasteiger partial charge in [0.1, 0.15) is 17.3 Å². The zero-order chi connectivity index (χ0) is 20.2. The lowest BCUT2D eigenvalue weighted by atomic mass is 10.0. The molecule has 156 valence electrons. The van der Waals surface area contributed by atoms with Crippen LogP contribution in [0.3, 0.4) is 0 Å². The third-order valence-electron chi connectivity index (χ3n) is 5.99. The molecular formula is C23H29FN2O3. The molecule has 1 aromatic carbocycles. The summed E-state index contributed by atoms with van der Waals surface area (Å²) in [4.78, 5) is 14.7. The van der Waals surface area contributed by atoms with Gasteiger partial charge < -0.3 is 14.5 Å². The van der Waals surface area contributed by atoms with Gasteiger partial charge in [-0.15, -0.1) is 0 Å². The van der Waals surface area contributed by atoms with E-state index in [9.17, 15) is 9.18 Å². The first-order valence-corrected chi connectivity index (χ1v) is 10.5. The van der Waals surface area contributed by atoms with Gasteiger partial charge in [0, 0.05) is 38.4 Å². The molecule has 0 bridgehead atoms. The molecule has 2 aliphatic rings. The van der Waals surface area contributed by atoms with Gasteiger partial charge in [-0.2, -0.15) is 0 Å². The number of hydrogen-bond donors (Lipinski definition) is 1. The van der Waals surface area contributed by atoms with Gasteiger partial charge >= 0.3 is 0 Å². The van der Waals surface area contributed by atoms with E-state index in [0.717, 1.165) is 30.2 Å². The van der Waals surface area contributed by atoms with E-state index in [4.69, 9.17) is 9.15 Å². The summed E-state index contributed by atoms with van der Waals surface area (Å²) in [6, 6.07) is 10.6. The number of aryl methyl sites for hydroxylation is 1. The van der Waals surface area contributed by atoms with Crippen LogP contribution in [-0.2, 0) is 16.0 Å². The van der Waals surface area contributed by atoms with Crippen LogP contribution < -0.4 is 5.32 Å². The predicted molar refractivity (Wildman–Crippen MR) is 108 cm³/mol. The maximum atomic E-state index is 13.3. The van der Waals surface area contributed by atoms with Crippen LogP contribution in [0, 0.1) is 11.7 Å². The van der Waals surface area contributed by atoms with Gasteiger partial charge in [0.2, 0.25) is 5.91 Å². The van der Waals surface area contributed by atoms with Crippen molar-refractivity contribution in [1.29, 1.82) is 0 Å². The average Bonchev–Trinajstić information content (AvgIpc) is 3.28. The molecule has 1 saturated heterocycles. The molecule has 5 nitrogen and oxygen atoms in total. The Morgan fingerprint density at radius 2 is 1.93 bits per heavy atom. The van der Waals surface area contributed by atoms with Crippen molar-refractivity contribution in [2.45, 2.75) is 38.1 Å². The Morgan fingerprint density at radius 3 is 2.62 bits per heavy atom. The summed E-state index contributed by atoms with van der Waals surface area (Å²) >= 11 is 0. The summed E-state index contributed by atoms with van der Waals surface area (Å²) in [6.45, 7) is 5.66. The highest BCUT2D eigenvalue weighted by molar-refractivity contribution is 5.76. The fourth-order valence-corrected chi connectivity index (χ4v) is 4.01. The Bertz CT molecular complexity index is 814. The molecule has 29 heavy (non-hydrogen) atoms. The number of carbonyl (C=O) groups excluding carboxylic acids is 1. The van der Waals surface area contributed by atoms with Crippen molar-refractivity contribution >= 4 is 5.91 Å². The third kappa shape index (κ3) is 5.25. The van der Waals surface area contributed by atoms with Crippen molar-refractivity contribution in [2.75, 3.05) is 32.8 Å². The minimum absolute atomic E-state index is 0.00288. The second kappa shape index (κ2) is 9.09. The number of carbonyl (C=O) groups is 1. The van der Waals surface area contributed by atoms with E-state index in [-0.39, 0.29) is 17.8 Å². The number of ether oxygens (including phenoxy) is 1. The second-order valence-corrected chi connectivity index (χ2v) is 8.14. The van der Waals surface area contributed by atoms with E-state index in [1.807, 2.05) is 12.1 Å². The maximum absolute atomic E-state index is 13.3. The second-order valence-electron chi connectivity index (χ2n) is 8.14. The summed E-state index contributed by atoms with van der Waals surface area (Å²) in [5.74, 6) is 2.94. The van der Waals surface area contributed by atoms with Crippen LogP contribution in [0.4, 0.5) is 4.39 Å². The Morgan fingerprint density at radius 1 is 1.21 bits per heavy atom. The molecule has 1 aromatic heterocycles. The summed E-state index contributed by atoms with van der Waals surface area (Å²) in [7, 11) is 0. The smallest absolute Gasteiger partial charge is 0.220 e. The molecule has 0 radical (unpaired) electrons. The number of amides is 1. The van der Waals surface area contributed by atoms with Crippen LogP contribution in [0.25, 0.3) is 0 Å². The maximum Gasteiger partial charge on any atom is 0.220 e. The molecule has 1 aliphatic carbocycles. The zero-order valence-electron chi connectivity index (χ0n) is 16.9. The monoisotopic (exact) mass is 400 g/mol. The Labute approximate surface area is 171 Å². The molecule has 4 rings (SSSR count). The standard InChI is InChI=1S/C23H29FN2O3/c1-16-14-20(16)22-8-6-19(29-22)7-9-23(27)25-15-21(26-10-12-28-13-11-26)17-2-4-18(24)5-3-17/h2-6,8,16,20-21H,7,9-15H2,1H3,(H,25,27). The Balaban J connectivity index is 1.30. The average molecular weight is 400 g/mol. The molecule has 2 fully saturated rings. The van der Waals surface area contributed by atoms with Crippen LogP contribution in [-0.4, -0.2) is 43.7 Å². The van der Waals surface area contributed by atoms with E-state index >= 15 is 0 Å². The number of benzene rings is 1. The predicted octanol–water partition coefficient (Wildman–Crippen LogP) is 3.66. The molecule has 1 aliphatic heterocycles. The molecule has 6 heteroatoms. The first-order valence-electron chi connectivity index (χ1n) is 10.5. The molecule has 3 unspecified atom stereocenters. The van der Waals surface area contributed by atoms with Crippen LogP contribution in [0.15, 0.2) is 40.8 Å². The first kappa shape index (κ1) is 20.1. The van der Waals surface area contributed by atoms with Gasteiger partial charge in [0.15, 0.2) is 0 Å². The van der Waals surface area contributed by atoms with E-state index in [1.165, 1.54) is 18.6 Å². The van der Waals surface area contributed by atoms with Crippen molar-refractivity contribution in [3.63, 3.8) is 0 Å². The number of morpholine rings is 1. The molecule has 1 saturated carbocycles. The molecule has 2 heterocycles. The zero-order valence-corrected chi connectivity index (χ0v) is 16.9. The van der Waals surface area contributed by atoms with Crippen LogP contribution in [0.2, 0.25) is 0 Å². The van der Waals surface area contributed by atoms with Gasteiger partial charge in [0.05, 0.1) is 19.3 Å². The minimum atomic E-state index is -0.253. The number of furan rings is 1. The summed E-state index contributed by atoms with van der Waals surface area (Å²) in [5.41, 5.74) is 1.00. The lowest BCUT2D eigenvalue weighted by molar-refractivity contribution is -0.121. The van der Waals surface area contributed by atoms with Gasteiger partial charge in [-0.05, 0) is 42.2 Å². The number of nitrogens with one attached hydrogen (secondary N) is 1. The highest BCUT2D eigenvalue weighted by Crippen LogP contribution is 2.47. The van der Waals surface area contributed by atoms with Crippen LogP contribution in [0.1, 0.15) is 48.8 Å². The summed E-state index contributed by atoms with van der Waals surface area (Å²) < 4.78 is 24.7. The van der Waals surface area contributed by atoms with Crippen molar-refractivity contribution in [3.05, 3.63) is 59.3 Å².